The summed E-state index contributed by atoms with van der Waals surface area (Å²) in [5, 5.41) is 17.8. The summed E-state index contributed by atoms with van der Waals surface area (Å²) in [6.45, 7) is 4.43. The molecule has 51 heavy (non-hydrogen) atoms. The van der Waals surface area contributed by atoms with Gasteiger partial charge in [0, 0.05) is 32.6 Å². The molecule has 2 aliphatic heterocycles. The Morgan fingerprint density at radius 1 is 0.745 bits per heavy atom. The molecule has 0 aromatic heterocycles. The highest BCUT2D eigenvalue weighted by Crippen LogP contribution is 2.34. The molecule has 17 nitrogen and oxygen atoms in total. The Morgan fingerprint density at radius 3 is 1.73 bits per heavy atom. The highest BCUT2D eigenvalue weighted by Gasteiger charge is 2.55. The van der Waals surface area contributed by atoms with Crippen LogP contribution < -0.4 is 5.32 Å². The number of benzene rings is 2. The quantitative estimate of drug-likeness (QED) is 0.0889. The van der Waals surface area contributed by atoms with E-state index in [0.717, 1.165) is 31.9 Å². The number of carbonyl (C=O) groups is 4. The average Bonchev–Trinajstić information content (AvgIpc) is 3.07. The Balaban J connectivity index is 1.68. The Hall–Kier alpha value is -4.61. The fourth-order valence-electron chi connectivity index (χ4n) is 5.77. The van der Waals surface area contributed by atoms with Gasteiger partial charge in [-0.2, -0.15) is 0 Å². The second kappa shape index (κ2) is 19.1. The van der Waals surface area contributed by atoms with Crippen molar-refractivity contribution in [3.63, 3.8) is 0 Å². The standard InChI is InChI=1S/C34H42N4O13/c1-19(39)36-27-28(43)29(25(49-33(27)37-38-35)17-44-15-23-11-7-5-8-12-23)51-34-32(48-22(4)42)31(47-21(3)41)30(46-20(2)40)26(50-34)18-45-16-24-13-9-6-10-14-24/h5-14,25-34,43H,15-18H2,1-4H3,(H,36,39)/t25-,26-,27-,28-,29-,30+,31+,32-,33-,34+/m1/s1. The van der Waals surface area contributed by atoms with Gasteiger partial charge in [-0.15, -0.1) is 0 Å². The molecule has 0 spiro atoms. The van der Waals surface area contributed by atoms with Crippen molar-refractivity contribution in [1.29, 1.82) is 0 Å². The number of ether oxygens (including phenoxy) is 8. The zero-order valence-corrected chi connectivity index (χ0v) is 28.6. The molecule has 276 valence electrons. The molecule has 2 fully saturated rings. The van der Waals surface area contributed by atoms with Crippen LogP contribution in [-0.4, -0.2) is 103 Å². The number of hydrogen-bond donors (Lipinski definition) is 2. The molecule has 1 amide bonds. The number of azide groups is 1. The van der Waals surface area contributed by atoms with Crippen molar-refractivity contribution in [2.45, 2.75) is 102 Å². The van der Waals surface area contributed by atoms with E-state index in [0.29, 0.717) is 0 Å². The van der Waals surface area contributed by atoms with Crippen LogP contribution in [0.4, 0.5) is 0 Å². The lowest BCUT2D eigenvalue weighted by Crippen LogP contribution is -2.68. The van der Waals surface area contributed by atoms with E-state index in [4.69, 9.17) is 37.9 Å². The van der Waals surface area contributed by atoms with Crippen molar-refractivity contribution in [3.05, 3.63) is 82.2 Å². The second-order valence-electron chi connectivity index (χ2n) is 11.9. The van der Waals surface area contributed by atoms with Crippen LogP contribution in [0.15, 0.2) is 65.8 Å². The van der Waals surface area contributed by atoms with Gasteiger partial charge in [0.25, 0.3) is 0 Å². The normalized spacial score (nSPS) is 28.8. The van der Waals surface area contributed by atoms with E-state index in [1.165, 1.54) is 6.92 Å². The van der Waals surface area contributed by atoms with Crippen molar-refractivity contribution >= 4 is 23.8 Å². The maximum atomic E-state index is 12.4. The summed E-state index contributed by atoms with van der Waals surface area (Å²) in [7, 11) is 0. The van der Waals surface area contributed by atoms with E-state index in [9.17, 15) is 29.8 Å². The molecular weight excluding hydrogens is 672 g/mol. The summed E-state index contributed by atoms with van der Waals surface area (Å²) >= 11 is 0. The van der Waals surface area contributed by atoms with Crippen LogP contribution in [0.1, 0.15) is 38.8 Å². The molecule has 2 heterocycles. The molecule has 0 saturated carbocycles. The van der Waals surface area contributed by atoms with Crippen molar-refractivity contribution < 1.29 is 62.2 Å². The van der Waals surface area contributed by atoms with Crippen molar-refractivity contribution in [2.24, 2.45) is 5.11 Å². The zero-order valence-electron chi connectivity index (χ0n) is 28.6. The first kappa shape index (κ1) is 39.2. The molecule has 17 heteroatoms. The van der Waals surface area contributed by atoms with Crippen LogP contribution in [0.5, 0.6) is 0 Å². The van der Waals surface area contributed by atoms with Gasteiger partial charge < -0.3 is 48.3 Å². The molecule has 0 aliphatic carbocycles. The van der Waals surface area contributed by atoms with Crippen molar-refractivity contribution in [2.75, 3.05) is 13.2 Å². The topological polar surface area (TPSA) is 223 Å². The van der Waals surface area contributed by atoms with Gasteiger partial charge in [-0.1, -0.05) is 65.8 Å². The predicted molar refractivity (Wildman–Crippen MR) is 174 cm³/mol. The summed E-state index contributed by atoms with van der Waals surface area (Å²) in [5.74, 6) is -2.93. The van der Waals surface area contributed by atoms with Crippen LogP contribution in [0.3, 0.4) is 0 Å². The van der Waals surface area contributed by atoms with Gasteiger partial charge in [-0.05, 0) is 16.7 Å². The molecule has 0 unspecified atom stereocenters. The fraction of sp³-hybridized carbons (Fsp3) is 0.529. The van der Waals surface area contributed by atoms with Gasteiger partial charge in [0.1, 0.15) is 24.4 Å². The lowest BCUT2D eigenvalue weighted by Gasteiger charge is -2.48. The van der Waals surface area contributed by atoms with E-state index in [-0.39, 0.29) is 26.4 Å². The first-order valence-corrected chi connectivity index (χ1v) is 16.2. The smallest absolute Gasteiger partial charge is 0.303 e. The van der Waals surface area contributed by atoms with Gasteiger partial charge in [-0.25, -0.2) is 0 Å². The van der Waals surface area contributed by atoms with Crippen LogP contribution >= 0.6 is 0 Å². The molecule has 0 bridgehead atoms. The molecule has 4 rings (SSSR count). The first-order valence-electron chi connectivity index (χ1n) is 16.2. The molecule has 0 radical (unpaired) electrons. The molecule has 2 aromatic rings. The third-order valence-electron chi connectivity index (χ3n) is 7.80. The lowest BCUT2D eigenvalue weighted by atomic mass is 9.94. The Bertz CT molecular complexity index is 1510. The van der Waals surface area contributed by atoms with Gasteiger partial charge in [0.15, 0.2) is 30.8 Å². The van der Waals surface area contributed by atoms with Crippen LogP contribution in [0.2, 0.25) is 0 Å². The third-order valence-corrected chi connectivity index (χ3v) is 7.80. The van der Waals surface area contributed by atoms with Gasteiger partial charge in [0.2, 0.25) is 5.91 Å². The van der Waals surface area contributed by atoms with Gasteiger partial charge in [0.05, 0.1) is 32.5 Å². The third kappa shape index (κ3) is 11.5. The first-order chi connectivity index (χ1) is 24.5. The van der Waals surface area contributed by atoms with E-state index in [1.54, 1.807) is 0 Å². The zero-order chi connectivity index (χ0) is 36.9. The van der Waals surface area contributed by atoms with E-state index < -0.39 is 85.1 Å². The largest absolute Gasteiger partial charge is 0.456 e. The van der Waals surface area contributed by atoms with Crippen LogP contribution in [0, 0.1) is 0 Å². The summed E-state index contributed by atoms with van der Waals surface area (Å²) in [6.07, 6.45) is -12.7. The number of aliphatic hydroxyl groups is 1. The number of esters is 3. The minimum Gasteiger partial charge on any atom is -0.456 e. The number of nitrogens with one attached hydrogen (secondary N) is 1. The Kier molecular flexibility index (Phi) is 14.7. The summed E-state index contributed by atoms with van der Waals surface area (Å²) < 4.78 is 47.2. The molecule has 2 aromatic carbocycles. The monoisotopic (exact) mass is 714 g/mol. The number of amides is 1. The molecule has 2 N–H and O–H groups in total. The summed E-state index contributed by atoms with van der Waals surface area (Å²) in [4.78, 5) is 52.0. The minimum absolute atomic E-state index is 0.139. The number of carbonyl (C=O) groups excluding carboxylic acids is 4. The van der Waals surface area contributed by atoms with E-state index in [1.807, 2.05) is 60.7 Å². The SMILES string of the molecule is CC(=O)N[C@@H]1[C@@H](O)[C@H](O[C@@H]2O[C@H](COCc3ccccc3)[C@H](OC(C)=O)[C@H](OC(C)=O)[C@H]2OC(C)=O)[C@@H](COCc2ccccc2)O[C@H]1N=[N+]=[N-]. The van der Waals surface area contributed by atoms with Gasteiger partial charge >= 0.3 is 17.9 Å². The highest BCUT2D eigenvalue weighted by molar-refractivity contribution is 5.73. The van der Waals surface area contributed by atoms with E-state index in [2.05, 4.69) is 15.3 Å². The number of hydrogen-bond acceptors (Lipinski definition) is 14. The summed E-state index contributed by atoms with van der Waals surface area (Å²) in [6, 6.07) is 17.1. The maximum Gasteiger partial charge on any atom is 0.303 e. The average molecular weight is 715 g/mol. The van der Waals surface area contributed by atoms with Crippen LogP contribution in [-0.2, 0) is 70.3 Å². The van der Waals surface area contributed by atoms with Crippen LogP contribution in [0.25, 0.3) is 10.4 Å². The minimum atomic E-state index is -1.61. The van der Waals surface area contributed by atoms with Crippen molar-refractivity contribution in [1.82, 2.24) is 5.32 Å². The fourth-order valence-corrected chi connectivity index (χ4v) is 5.77. The Morgan fingerprint density at radius 2 is 1.24 bits per heavy atom. The highest BCUT2D eigenvalue weighted by atomic mass is 16.7. The summed E-state index contributed by atoms with van der Waals surface area (Å²) in [5.41, 5.74) is 10.9. The van der Waals surface area contributed by atoms with E-state index >= 15 is 0 Å². The molecule has 2 aliphatic rings. The van der Waals surface area contributed by atoms with Gasteiger partial charge in [-0.3, -0.25) is 19.2 Å². The Labute approximate surface area is 294 Å². The molecule has 10 atom stereocenters. The lowest BCUT2D eigenvalue weighted by molar-refractivity contribution is -0.340. The molecule has 2 saturated heterocycles. The molecular formula is C34H42N4O13. The number of aliphatic hydroxyl groups excluding tert-OH is 1. The number of nitrogens with zero attached hydrogens (tertiary/aromatic N) is 3. The number of rotatable bonds is 15. The van der Waals surface area contributed by atoms with Crippen molar-refractivity contribution in [3.8, 4) is 0 Å². The maximum absolute atomic E-state index is 12.4. The second-order valence-corrected chi connectivity index (χ2v) is 11.9. The predicted octanol–water partition coefficient (Wildman–Crippen LogP) is 2.23.